The highest BCUT2D eigenvalue weighted by molar-refractivity contribution is 6.31. The van der Waals surface area contributed by atoms with Crippen molar-refractivity contribution in [2.45, 2.75) is 45.1 Å². The fourth-order valence-electron chi connectivity index (χ4n) is 2.98. The quantitative estimate of drug-likeness (QED) is 0.875. The Morgan fingerprint density at radius 3 is 2.83 bits per heavy atom. The lowest BCUT2D eigenvalue weighted by Crippen LogP contribution is -2.37. The molecule has 3 unspecified atom stereocenters. The van der Waals surface area contributed by atoms with Crippen molar-refractivity contribution in [1.82, 2.24) is 0 Å². The van der Waals surface area contributed by atoms with Crippen molar-refractivity contribution in [3.63, 3.8) is 0 Å². The number of benzene rings is 1. The highest BCUT2D eigenvalue weighted by atomic mass is 35.5. The molecule has 0 radical (unpaired) electrons. The molecule has 1 fully saturated rings. The molecule has 1 nitrogen and oxygen atoms in total. The van der Waals surface area contributed by atoms with Crippen molar-refractivity contribution in [3.05, 3.63) is 34.6 Å². The lowest BCUT2D eigenvalue weighted by Gasteiger charge is -2.34. The van der Waals surface area contributed by atoms with Crippen LogP contribution >= 0.6 is 11.6 Å². The molecule has 0 spiro atoms. The molecular weight excluding hydrogens is 249 g/mol. The Labute approximate surface area is 114 Å². The van der Waals surface area contributed by atoms with E-state index < -0.39 is 0 Å². The topological polar surface area (TPSA) is 26.0 Å². The SMILES string of the molecule is CCC1CCC(N)C(Cc2c(F)cccc2Cl)C1. The molecule has 1 aromatic rings. The van der Waals surface area contributed by atoms with Gasteiger partial charge in [0.15, 0.2) is 0 Å². The number of hydrogen-bond donors (Lipinski definition) is 1. The Kier molecular flexibility index (Phi) is 4.63. The summed E-state index contributed by atoms with van der Waals surface area (Å²) in [5.41, 5.74) is 6.81. The predicted molar refractivity (Wildman–Crippen MR) is 74.2 cm³/mol. The van der Waals surface area contributed by atoms with Crippen LogP contribution in [0.3, 0.4) is 0 Å². The van der Waals surface area contributed by atoms with Gasteiger partial charge in [-0.15, -0.1) is 0 Å². The average molecular weight is 270 g/mol. The van der Waals surface area contributed by atoms with Gasteiger partial charge in [0.1, 0.15) is 5.82 Å². The van der Waals surface area contributed by atoms with Gasteiger partial charge in [-0.3, -0.25) is 0 Å². The maximum Gasteiger partial charge on any atom is 0.127 e. The summed E-state index contributed by atoms with van der Waals surface area (Å²) in [5, 5.41) is 0.529. The number of halogens is 2. The molecule has 2 N–H and O–H groups in total. The van der Waals surface area contributed by atoms with E-state index in [-0.39, 0.29) is 11.9 Å². The largest absolute Gasteiger partial charge is 0.327 e. The monoisotopic (exact) mass is 269 g/mol. The fourth-order valence-corrected chi connectivity index (χ4v) is 3.22. The lowest BCUT2D eigenvalue weighted by molar-refractivity contribution is 0.226. The molecular formula is C15H21ClFN. The first-order valence-electron chi connectivity index (χ1n) is 6.80. The van der Waals surface area contributed by atoms with Gasteiger partial charge < -0.3 is 5.73 Å². The van der Waals surface area contributed by atoms with Crippen LogP contribution in [-0.4, -0.2) is 6.04 Å². The van der Waals surface area contributed by atoms with Gasteiger partial charge in [0.25, 0.3) is 0 Å². The van der Waals surface area contributed by atoms with Crippen molar-refractivity contribution in [2.24, 2.45) is 17.6 Å². The van der Waals surface area contributed by atoms with E-state index in [0.717, 1.165) is 18.8 Å². The zero-order valence-corrected chi connectivity index (χ0v) is 11.6. The van der Waals surface area contributed by atoms with Crippen LogP contribution in [0.4, 0.5) is 4.39 Å². The summed E-state index contributed by atoms with van der Waals surface area (Å²) >= 11 is 6.09. The van der Waals surface area contributed by atoms with Gasteiger partial charge in [0.05, 0.1) is 0 Å². The van der Waals surface area contributed by atoms with Gasteiger partial charge in [-0.05, 0) is 49.7 Å². The van der Waals surface area contributed by atoms with Crippen molar-refractivity contribution < 1.29 is 4.39 Å². The van der Waals surface area contributed by atoms with E-state index in [1.54, 1.807) is 12.1 Å². The minimum Gasteiger partial charge on any atom is -0.327 e. The van der Waals surface area contributed by atoms with Crippen LogP contribution in [0.5, 0.6) is 0 Å². The summed E-state index contributed by atoms with van der Waals surface area (Å²) in [6.45, 7) is 2.22. The minimum atomic E-state index is -0.201. The van der Waals surface area contributed by atoms with Gasteiger partial charge in [-0.25, -0.2) is 4.39 Å². The van der Waals surface area contributed by atoms with Crippen LogP contribution in [0.2, 0.25) is 5.02 Å². The maximum absolute atomic E-state index is 13.8. The van der Waals surface area contributed by atoms with E-state index in [0.29, 0.717) is 22.9 Å². The smallest absolute Gasteiger partial charge is 0.127 e. The third kappa shape index (κ3) is 3.04. The zero-order valence-electron chi connectivity index (χ0n) is 10.8. The summed E-state index contributed by atoms with van der Waals surface area (Å²) < 4.78 is 13.8. The van der Waals surface area contributed by atoms with E-state index in [1.165, 1.54) is 18.9 Å². The Balaban J connectivity index is 2.12. The van der Waals surface area contributed by atoms with Crippen LogP contribution in [0, 0.1) is 17.7 Å². The molecule has 1 aliphatic rings. The molecule has 0 amide bonds. The third-order valence-corrected chi connectivity index (χ3v) is 4.61. The van der Waals surface area contributed by atoms with E-state index in [2.05, 4.69) is 6.92 Å². The molecule has 0 aliphatic heterocycles. The predicted octanol–water partition coefficient (Wildman–Crippen LogP) is 4.18. The van der Waals surface area contributed by atoms with Crippen LogP contribution in [0.15, 0.2) is 18.2 Å². The van der Waals surface area contributed by atoms with Crippen molar-refractivity contribution >= 4 is 11.6 Å². The lowest BCUT2D eigenvalue weighted by atomic mass is 9.75. The normalized spacial score (nSPS) is 28.3. The fraction of sp³-hybridized carbons (Fsp3) is 0.600. The molecule has 0 aromatic heterocycles. The number of nitrogens with two attached hydrogens (primary N) is 1. The van der Waals surface area contributed by atoms with Crippen molar-refractivity contribution in [3.8, 4) is 0 Å². The van der Waals surface area contributed by atoms with Gasteiger partial charge in [0.2, 0.25) is 0 Å². The summed E-state index contributed by atoms with van der Waals surface area (Å²) in [7, 11) is 0. The first-order valence-corrected chi connectivity index (χ1v) is 7.18. The molecule has 1 aliphatic carbocycles. The summed E-state index contributed by atoms with van der Waals surface area (Å²) in [6, 6.07) is 5.07. The van der Waals surface area contributed by atoms with Gasteiger partial charge in [-0.2, -0.15) is 0 Å². The zero-order chi connectivity index (χ0) is 13.1. The van der Waals surface area contributed by atoms with E-state index in [1.807, 2.05) is 0 Å². The summed E-state index contributed by atoms with van der Waals surface area (Å²) in [6.07, 6.45) is 5.22. The van der Waals surface area contributed by atoms with E-state index in [9.17, 15) is 4.39 Å². The second kappa shape index (κ2) is 6.03. The first-order chi connectivity index (χ1) is 8.61. The molecule has 2 rings (SSSR count). The Hall–Kier alpha value is -0.600. The summed E-state index contributed by atoms with van der Waals surface area (Å²) in [4.78, 5) is 0. The minimum absolute atomic E-state index is 0.184. The van der Waals surface area contributed by atoms with Gasteiger partial charge >= 0.3 is 0 Å². The molecule has 18 heavy (non-hydrogen) atoms. The van der Waals surface area contributed by atoms with Crippen molar-refractivity contribution in [2.75, 3.05) is 0 Å². The second-order valence-corrected chi connectivity index (χ2v) is 5.82. The molecule has 1 aromatic carbocycles. The molecule has 0 saturated heterocycles. The molecule has 0 bridgehead atoms. The van der Waals surface area contributed by atoms with Crippen LogP contribution < -0.4 is 5.73 Å². The molecule has 3 heteroatoms. The average Bonchev–Trinajstić information content (AvgIpc) is 2.36. The second-order valence-electron chi connectivity index (χ2n) is 5.42. The Morgan fingerprint density at radius 2 is 2.17 bits per heavy atom. The van der Waals surface area contributed by atoms with E-state index in [4.69, 9.17) is 17.3 Å². The highest BCUT2D eigenvalue weighted by Crippen LogP contribution is 2.34. The molecule has 3 atom stereocenters. The summed E-state index contributed by atoms with van der Waals surface area (Å²) in [5.74, 6) is 0.895. The first kappa shape index (κ1) is 13.8. The molecule has 100 valence electrons. The number of hydrogen-bond acceptors (Lipinski definition) is 1. The van der Waals surface area contributed by atoms with Crippen molar-refractivity contribution in [1.29, 1.82) is 0 Å². The number of rotatable bonds is 3. The Morgan fingerprint density at radius 1 is 1.39 bits per heavy atom. The van der Waals surface area contributed by atoms with Crippen LogP contribution in [-0.2, 0) is 6.42 Å². The molecule has 0 heterocycles. The van der Waals surface area contributed by atoms with Crippen LogP contribution in [0.1, 0.15) is 38.2 Å². The maximum atomic E-state index is 13.8. The van der Waals surface area contributed by atoms with E-state index >= 15 is 0 Å². The van der Waals surface area contributed by atoms with Crippen LogP contribution in [0.25, 0.3) is 0 Å². The molecule has 1 saturated carbocycles. The van der Waals surface area contributed by atoms with Gasteiger partial charge in [0, 0.05) is 16.6 Å². The third-order valence-electron chi connectivity index (χ3n) is 4.26. The standard InChI is InChI=1S/C15H21ClFN/c1-2-10-6-7-15(18)11(8-10)9-12-13(16)4-3-5-14(12)17/h3-5,10-11,15H,2,6-9,18H2,1H3. The van der Waals surface area contributed by atoms with Gasteiger partial charge in [-0.1, -0.05) is 31.0 Å². The Bertz CT molecular complexity index is 387. The highest BCUT2D eigenvalue weighted by Gasteiger charge is 2.28.